The van der Waals surface area contributed by atoms with Crippen LogP contribution in [0.5, 0.6) is 0 Å². The first-order valence-electron chi connectivity index (χ1n) is 12.3. The number of nitrogens with zero attached hydrogens (tertiary/aromatic N) is 2. The van der Waals surface area contributed by atoms with E-state index in [-0.39, 0.29) is 25.0 Å². The van der Waals surface area contributed by atoms with Gasteiger partial charge in [0.15, 0.2) is 5.82 Å². The van der Waals surface area contributed by atoms with Gasteiger partial charge in [0.1, 0.15) is 11.9 Å². The highest BCUT2D eigenvalue weighted by molar-refractivity contribution is 5.97. The zero-order chi connectivity index (χ0) is 25.9. The lowest BCUT2D eigenvalue weighted by Gasteiger charge is -2.18. The second kappa shape index (κ2) is 13.2. The number of fused-ring (bicyclic) bond motifs is 1. The molecular formula is C29H34N4O3. The maximum Gasteiger partial charge on any atom is 0.332 e. The quantitative estimate of drug-likeness (QED) is 0.213. The van der Waals surface area contributed by atoms with Crippen LogP contribution in [0.4, 0.5) is 5.82 Å². The molecule has 0 radical (unpaired) electrons. The van der Waals surface area contributed by atoms with Gasteiger partial charge in [-0.1, -0.05) is 68.0 Å². The average Bonchev–Trinajstić information content (AvgIpc) is 2.90. The Morgan fingerprint density at radius 2 is 1.69 bits per heavy atom. The van der Waals surface area contributed by atoms with Crippen LogP contribution in [-0.4, -0.2) is 34.5 Å². The first-order valence-corrected chi connectivity index (χ1v) is 12.3. The molecule has 1 amide bonds. The van der Waals surface area contributed by atoms with E-state index in [1.54, 1.807) is 6.92 Å². The number of carbonyl (C=O) groups is 2. The predicted octanol–water partition coefficient (Wildman–Crippen LogP) is 5.44. The number of para-hydroxylation sites is 1. The molecule has 7 heteroatoms. The number of esters is 1. The minimum Gasteiger partial charge on any atom is -0.464 e. The molecule has 1 aromatic heterocycles. The summed E-state index contributed by atoms with van der Waals surface area (Å²) in [5.41, 5.74) is 3.42. The van der Waals surface area contributed by atoms with Gasteiger partial charge in [-0.25, -0.2) is 14.8 Å². The molecule has 1 atom stereocenters. The van der Waals surface area contributed by atoms with Crippen molar-refractivity contribution in [3.05, 3.63) is 83.2 Å². The molecule has 0 spiro atoms. The second-order valence-corrected chi connectivity index (χ2v) is 8.36. The van der Waals surface area contributed by atoms with Gasteiger partial charge in [0.25, 0.3) is 0 Å². The first kappa shape index (κ1) is 26.6. The Hall–Kier alpha value is -4.00. The maximum atomic E-state index is 12.9. The summed E-state index contributed by atoms with van der Waals surface area (Å²) in [7, 11) is 0. The number of aromatic nitrogens is 2. The molecule has 2 aromatic carbocycles. The number of hydrogen-bond donors (Lipinski definition) is 2. The van der Waals surface area contributed by atoms with Crippen molar-refractivity contribution >= 4 is 34.7 Å². The lowest BCUT2D eigenvalue weighted by Crippen LogP contribution is -2.31. The van der Waals surface area contributed by atoms with Crippen LogP contribution in [0.3, 0.4) is 0 Å². The lowest BCUT2D eigenvalue weighted by molar-refractivity contribution is -0.142. The molecule has 0 bridgehead atoms. The van der Waals surface area contributed by atoms with E-state index in [0.29, 0.717) is 29.2 Å². The Morgan fingerprint density at radius 3 is 2.39 bits per heavy atom. The number of nitrogens with one attached hydrogen (secondary N) is 2. The molecule has 0 aliphatic rings. The van der Waals surface area contributed by atoms with Gasteiger partial charge in [-0.2, -0.15) is 0 Å². The molecular weight excluding hydrogens is 452 g/mol. The Kier molecular flexibility index (Phi) is 9.74. The Balaban J connectivity index is 1.87. The van der Waals surface area contributed by atoms with E-state index < -0.39 is 6.04 Å². The normalized spacial score (nSPS) is 12.8. The van der Waals surface area contributed by atoms with Crippen LogP contribution in [0.2, 0.25) is 0 Å². The number of carbonyl (C=O) groups excluding carboxylic acids is 2. The van der Waals surface area contributed by atoms with Crippen molar-refractivity contribution in [2.45, 2.75) is 53.1 Å². The van der Waals surface area contributed by atoms with Crippen molar-refractivity contribution in [1.82, 2.24) is 15.3 Å². The molecule has 188 valence electrons. The van der Waals surface area contributed by atoms with Gasteiger partial charge >= 0.3 is 5.97 Å². The number of ether oxygens (including phenoxy) is 1. The van der Waals surface area contributed by atoms with Gasteiger partial charge in [-0.05, 0) is 50.5 Å². The summed E-state index contributed by atoms with van der Waals surface area (Å²) in [6.07, 6.45) is 5.15. The number of benzene rings is 2. The number of allylic oxidation sites excluding steroid dienone is 1. The van der Waals surface area contributed by atoms with Crippen molar-refractivity contribution < 1.29 is 14.3 Å². The third kappa shape index (κ3) is 7.25. The Labute approximate surface area is 212 Å². The summed E-state index contributed by atoms with van der Waals surface area (Å²) < 4.78 is 5.28. The van der Waals surface area contributed by atoms with Crippen molar-refractivity contribution in [2.75, 3.05) is 11.9 Å². The molecule has 1 unspecified atom stereocenters. The molecule has 0 aliphatic carbocycles. The minimum absolute atomic E-state index is 0.151. The van der Waals surface area contributed by atoms with E-state index in [2.05, 4.69) is 20.6 Å². The van der Waals surface area contributed by atoms with E-state index >= 15 is 0 Å². The van der Waals surface area contributed by atoms with Crippen molar-refractivity contribution in [3.63, 3.8) is 0 Å². The Morgan fingerprint density at radius 1 is 0.972 bits per heavy atom. The summed E-state index contributed by atoms with van der Waals surface area (Å²) in [6.45, 7) is 8.17. The standard InChI is InChI=1S/C29H34N4O3/c1-5-20(4)17-25(29(35)36-7-3)32-27-23-15-11-12-16-24(23)31-26(33-27)19-30-28(34)22(6-2)18-21-13-9-8-10-14-21/h8-18,25H,5-7,19H2,1-4H3,(H,30,34)(H,31,32,33)/b20-17+,22-18+. The van der Waals surface area contributed by atoms with E-state index in [4.69, 9.17) is 4.74 Å². The van der Waals surface area contributed by atoms with Crippen LogP contribution >= 0.6 is 0 Å². The zero-order valence-electron chi connectivity index (χ0n) is 21.4. The molecule has 7 nitrogen and oxygen atoms in total. The topological polar surface area (TPSA) is 93.2 Å². The van der Waals surface area contributed by atoms with E-state index in [1.807, 2.05) is 87.5 Å². The van der Waals surface area contributed by atoms with E-state index in [9.17, 15) is 9.59 Å². The second-order valence-electron chi connectivity index (χ2n) is 8.36. The maximum absolute atomic E-state index is 12.9. The SMILES string of the molecule is CCOC(=O)C(/C=C(\C)CC)Nc1nc(CNC(=O)/C(=C/c2ccccc2)CC)nc2ccccc12. The number of hydrogen-bond acceptors (Lipinski definition) is 6. The van der Waals surface area contributed by atoms with Gasteiger partial charge in [0.2, 0.25) is 5.91 Å². The highest BCUT2D eigenvalue weighted by Crippen LogP contribution is 2.22. The minimum atomic E-state index is -0.689. The molecule has 0 saturated heterocycles. The molecule has 36 heavy (non-hydrogen) atoms. The van der Waals surface area contributed by atoms with E-state index in [1.165, 1.54) is 0 Å². The lowest BCUT2D eigenvalue weighted by atomic mass is 10.1. The largest absolute Gasteiger partial charge is 0.464 e. The van der Waals surface area contributed by atoms with Crippen LogP contribution in [0.25, 0.3) is 17.0 Å². The van der Waals surface area contributed by atoms with Gasteiger partial charge in [0.05, 0.1) is 18.7 Å². The molecule has 0 aliphatic heterocycles. The smallest absolute Gasteiger partial charge is 0.332 e. The van der Waals surface area contributed by atoms with E-state index in [0.717, 1.165) is 22.9 Å². The molecule has 0 saturated carbocycles. The van der Waals surface area contributed by atoms with Crippen molar-refractivity contribution in [3.8, 4) is 0 Å². The van der Waals surface area contributed by atoms with Crippen LogP contribution in [-0.2, 0) is 20.9 Å². The summed E-state index contributed by atoms with van der Waals surface area (Å²) in [4.78, 5) is 34.8. The fourth-order valence-electron chi connectivity index (χ4n) is 3.62. The van der Waals surface area contributed by atoms with Gasteiger partial charge < -0.3 is 15.4 Å². The number of anilines is 1. The summed E-state index contributed by atoms with van der Waals surface area (Å²) >= 11 is 0. The van der Waals surface area contributed by atoms with Crippen molar-refractivity contribution in [1.29, 1.82) is 0 Å². The Bertz CT molecular complexity index is 1250. The zero-order valence-corrected chi connectivity index (χ0v) is 21.4. The third-order valence-corrected chi connectivity index (χ3v) is 5.71. The number of amides is 1. The first-order chi connectivity index (χ1) is 17.4. The molecule has 2 N–H and O–H groups in total. The van der Waals surface area contributed by atoms with Crippen LogP contribution in [0, 0.1) is 0 Å². The third-order valence-electron chi connectivity index (χ3n) is 5.71. The molecule has 1 heterocycles. The summed E-state index contributed by atoms with van der Waals surface area (Å²) in [6, 6.07) is 16.6. The monoisotopic (exact) mass is 486 g/mol. The summed E-state index contributed by atoms with van der Waals surface area (Å²) in [5, 5.41) is 6.96. The number of rotatable bonds is 11. The van der Waals surface area contributed by atoms with Crippen molar-refractivity contribution in [2.24, 2.45) is 0 Å². The van der Waals surface area contributed by atoms with Gasteiger partial charge in [-0.15, -0.1) is 0 Å². The summed E-state index contributed by atoms with van der Waals surface area (Å²) in [5.74, 6) is 0.414. The average molecular weight is 487 g/mol. The van der Waals surface area contributed by atoms with Gasteiger partial charge in [0, 0.05) is 11.0 Å². The van der Waals surface area contributed by atoms with Crippen LogP contribution < -0.4 is 10.6 Å². The van der Waals surface area contributed by atoms with Gasteiger partial charge in [-0.3, -0.25) is 4.79 Å². The fourth-order valence-corrected chi connectivity index (χ4v) is 3.62. The molecule has 3 rings (SSSR count). The van der Waals surface area contributed by atoms with Crippen LogP contribution in [0.15, 0.2) is 71.8 Å². The van der Waals surface area contributed by atoms with Crippen LogP contribution in [0.1, 0.15) is 51.9 Å². The fraction of sp³-hybridized carbons (Fsp3) is 0.310. The highest BCUT2D eigenvalue weighted by Gasteiger charge is 2.20. The highest BCUT2D eigenvalue weighted by atomic mass is 16.5. The predicted molar refractivity (Wildman–Crippen MR) is 144 cm³/mol. The molecule has 0 fully saturated rings. The molecule has 3 aromatic rings.